The lowest BCUT2D eigenvalue weighted by molar-refractivity contribution is -0.173. The molecule has 7 heteroatoms. The largest absolute Gasteiger partial charge is 0.496 e. The van der Waals surface area contributed by atoms with Crippen molar-refractivity contribution in [2.24, 2.45) is 5.16 Å². The maximum atomic E-state index is 13.4. The molecule has 1 fully saturated rings. The lowest BCUT2D eigenvalue weighted by Gasteiger charge is -2.44. The van der Waals surface area contributed by atoms with Crippen molar-refractivity contribution in [2.45, 2.75) is 38.3 Å². The number of hydrogen-bond acceptors (Lipinski definition) is 5. The number of amides is 1. The van der Waals surface area contributed by atoms with E-state index in [9.17, 15) is 9.59 Å². The van der Waals surface area contributed by atoms with Crippen molar-refractivity contribution in [2.75, 3.05) is 7.11 Å². The Balaban J connectivity index is 1.77. The number of hydrogen-bond donors (Lipinski definition) is 0. The van der Waals surface area contributed by atoms with E-state index in [4.69, 9.17) is 21.2 Å². The maximum absolute atomic E-state index is 13.4. The van der Waals surface area contributed by atoms with Gasteiger partial charge in [-0.3, -0.25) is 14.5 Å². The number of ketones is 1. The molecule has 4 rings (SSSR count). The Hall–Kier alpha value is -2.86. The number of carbonyl (C=O) groups is 2. The normalized spacial score (nSPS) is 17.4. The molecule has 0 aromatic heterocycles. The number of benzene rings is 2. The maximum Gasteiger partial charge on any atom is 0.275 e. The summed E-state index contributed by atoms with van der Waals surface area (Å²) in [7, 11) is 1.56. The number of amidine groups is 1. The van der Waals surface area contributed by atoms with E-state index < -0.39 is 5.60 Å². The van der Waals surface area contributed by atoms with Gasteiger partial charge in [0, 0.05) is 21.7 Å². The van der Waals surface area contributed by atoms with E-state index in [1.54, 1.807) is 48.4 Å². The van der Waals surface area contributed by atoms with Gasteiger partial charge in [0.1, 0.15) is 5.75 Å². The van der Waals surface area contributed by atoms with Crippen LogP contribution in [0.15, 0.2) is 47.6 Å². The first kappa shape index (κ1) is 19.5. The van der Waals surface area contributed by atoms with Crippen LogP contribution < -0.4 is 4.74 Å². The van der Waals surface area contributed by atoms with Gasteiger partial charge in [-0.05, 0) is 56.5 Å². The van der Waals surface area contributed by atoms with E-state index in [1.807, 2.05) is 6.07 Å². The minimum atomic E-state index is -0.895. The SMILES string of the molecule is COc1ccc(C(C)=O)cc1CN1C(=O)C2(CCC2)ON=C1c1cccc(Cl)c1. The molecule has 0 atom stereocenters. The fourth-order valence-corrected chi connectivity index (χ4v) is 3.83. The number of carbonyl (C=O) groups excluding carboxylic acids is 2. The predicted octanol–water partition coefficient (Wildman–Crippen LogP) is 4.19. The van der Waals surface area contributed by atoms with Gasteiger partial charge in [-0.15, -0.1) is 0 Å². The zero-order valence-corrected chi connectivity index (χ0v) is 17.0. The number of halogens is 1. The minimum Gasteiger partial charge on any atom is -0.496 e. The first-order valence-corrected chi connectivity index (χ1v) is 9.83. The molecule has 150 valence electrons. The van der Waals surface area contributed by atoms with Gasteiger partial charge >= 0.3 is 0 Å². The Bertz CT molecular complexity index is 1010. The van der Waals surface area contributed by atoms with Crippen LogP contribution in [0.5, 0.6) is 5.75 Å². The molecule has 1 aliphatic carbocycles. The summed E-state index contributed by atoms with van der Waals surface area (Å²) < 4.78 is 5.47. The number of ether oxygens (including phenoxy) is 1. The van der Waals surface area contributed by atoms with Crippen molar-refractivity contribution >= 4 is 29.1 Å². The summed E-state index contributed by atoms with van der Waals surface area (Å²) in [6.45, 7) is 1.72. The number of nitrogens with zero attached hydrogens (tertiary/aromatic N) is 2. The van der Waals surface area contributed by atoms with Gasteiger partial charge in [-0.25, -0.2) is 0 Å². The number of oxime groups is 1. The van der Waals surface area contributed by atoms with Crippen LogP contribution >= 0.6 is 11.6 Å². The van der Waals surface area contributed by atoms with Crippen LogP contribution in [0.3, 0.4) is 0 Å². The molecule has 29 heavy (non-hydrogen) atoms. The first-order chi connectivity index (χ1) is 13.9. The highest BCUT2D eigenvalue weighted by Gasteiger charge is 2.53. The molecule has 1 spiro atoms. The Morgan fingerprint density at radius 1 is 1.28 bits per heavy atom. The number of Topliss-reactive ketones (excluding diaryl/α,β-unsaturated/α-hetero) is 1. The summed E-state index contributed by atoms with van der Waals surface area (Å²) in [5.41, 5.74) is 1.07. The van der Waals surface area contributed by atoms with Gasteiger partial charge in [0.25, 0.3) is 5.91 Å². The molecule has 1 saturated carbocycles. The van der Waals surface area contributed by atoms with Crippen LogP contribution in [0, 0.1) is 0 Å². The quantitative estimate of drug-likeness (QED) is 0.690. The minimum absolute atomic E-state index is 0.0543. The van der Waals surface area contributed by atoms with Gasteiger partial charge in [0.15, 0.2) is 11.6 Å². The molecule has 2 aromatic carbocycles. The summed E-state index contributed by atoms with van der Waals surface area (Å²) in [5.74, 6) is 0.804. The molecule has 0 saturated heterocycles. The smallest absolute Gasteiger partial charge is 0.275 e. The monoisotopic (exact) mass is 412 g/mol. The molecule has 0 unspecified atom stereocenters. The second-order valence-corrected chi connectivity index (χ2v) is 7.77. The molecule has 6 nitrogen and oxygen atoms in total. The Kier molecular flexibility index (Phi) is 5.04. The summed E-state index contributed by atoms with van der Waals surface area (Å²) in [6, 6.07) is 12.3. The van der Waals surface area contributed by atoms with Crippen molar-refractivity contribution in [1.82, 2.24) is 4.90 Å². The third-order valence-electron chi connectivity index (χ3n) is 5.46. The van der Waals surface area contributed by atoms with Gasteiger partial charge in [0.2, 0.25) is 5.60 Å². The molecule has 0 radical (unpaired) electrons. The van der Waals surface area contributed by atoms with E-state index >= 15 is 0 Å². The number of rotatable bonds is 5. The fraction of sp³-hybridized carbons (Fsp3) is 0.318. The standard InChI is InChI=1S/C22H21ClN2O4/c1-14(26)15-7-8-19(28-2)17(11-15)13-25-20(16-5-3-6-18(23)12-16)24-29-22(21(25)27)9-4-10-22/h3,5-8,11-12H,4,9-10,13H2,1-2H3. The second kappa shape index (κ2) is 7.52. The van der Waals surface area contributed by atoms with Gasteiger partial charge in [0.05, 0.1) is 13.7 Å². The van der Waals surface area contributed by atoms with E-state index in [-0.39, 0.29) is 18.2 Å². The topological polar surface area (TPSA) is 68.2 Å². The lowest BCUT2D eigenvalue weighted by atomic mass is 9.78. The Morgan fingerprint density at radius 2 is 2.07 bits per heavy atom. The third-order valence-corrected chi connectivity index (χ3v) is 5.69. The third kappa shape index (κ3) is 3.49. The van der Waals surface area contributed by atoms with Crippen LogP contribution in [0.4, 0.5) is 0 Å². The zero-order valence-electron chi connectivity index (χ0n) is 16.3. The number of methoxy groups -OCH3 is 1. The van der Waals surface area contributed by atoms with E-state index in [0.717, 1.165) is 12.0 Å². The highest BCUT2D eigenvalue weighted by Crippen LogP contribution is 2.41. The van der Waals surface area contributed by atoms with Crippen LogP contribution in [0.25, 0.3) is 0 Å². The predicted molar refractivity (Wildman–Crippen MR) is 109 cm³/mol. The molecule has 1 amide bonds. The molecule has 0 N–H and O–H groups in total. The molecular formula is C22H21ClN2O4. The highest BCUT2D eigenvalue weighted by molar-refractivity contribution is 6.31. The highest BCUT2D eigenvalue weighted by atomic mass is 35.5. The van der Waals surface area contributed by atoms with Crippen LogP contribution in [0.2, 0.25) is 5.02 Å². The molecule has 2 aliphatic rings. The Morgan fingerprint density at radius 3 is 2.69 bits per heavy atom. The van der Waals surface area contributed by atoms with E-state index in [1.165, 1.54) is 6.92 Å². The average Bonchev–Trinajstić information content (AvgIpc) is 2.68. The average molecular weight is 413 g/mol. The van der Waals surface area contributed by atoms with Crippen LogP contribution in [0.1, 0.15) is 47.7 Å². The van der Waals surface area contributed by atoms with Crippen LogP contribution in [-0.2, 0) is 16.2 Å². The molecule has 1 heterocycles. The summed E-state index contributed by atoms with van der Waals surface area (Å²) in [5, 5.41) is 4.85. The van der Waals surface area contributed by atoms with Crippen molar-refractivity contribution in [1.29, 1.82) is 0 Å². The summed E-state index contributed by atoms with van der Waals surface area (Å²) >= 11 is 6.15. The zero-order chi connectivity index (χ0) is 20.6. The van der Waals surface area contributed by atoms with E-state index in [2.05, 4.69) is 5.16 Å². The molecular weight excluding hydrogens is 392 g/mol. The summed E-state index contributed by atoms with van der Waals surface area (Å²) in [4.78, 5) is 32.5. The molecule has 1 aliphatic heterocycles. The van der Waals surface area contributed by atoms with Crippen molar-refractivity contribution in [3.8, 4) is 5.75 Å². The van der Waals surface area contributed by atoms with Gasteiger partial charge in [-0.2, -0.15) is 0 Å². The fourth-order valence-electron chi connectivity index (χ4n) is 3.64. The molecule has 2 aromatic rings. The lowest BCUT2D eigenvalue weighted by Crippen LogP contribution is -2.58. The van der Waals surface area contributed by atoms with Gasteiger partial charge in [-0.1, -0.05) is 28.9 Å². The van der Waals surface area contributed by atoms with Crippen LogP contribution in [-0.4, -0.2) is 35.1 Å². The van der Waals surface area contributed by atoms with E-state index in [0.29, 0.717) is 40.6 Å². The second-order valence-electron chi connectivity index (χ2n) is 7.34. The first-order valence-electron chi connectivity index (χ1n) is 9.45. The van der Waals surface area contributed by atoms with Gasteiger partial charge < -0.3 is 9.57 Å². The van der Waals surface area contributed by atoms with Crippen molar-refractivity contribution in [3.63, 3.8) is 0 Å². The van der Waals surface area contributed by atoms with Crippen molar-refractivity contribution < 1.29 is 19.2 Å². The Labute approximate surface area is 174 Å². The molecule has 0 bridgehead atoms. The summed E-state index contributed by atoms with van der Waals surface area (Å²) in [6.07, 6.45) is 2.20. The van der Waals surface area contributed by atoms with Crippen molar-refractivity contribution in [3.05, 3.63) is 64.2 Å².